The van der Waals surface area contributed by atoms with Gasteiger partial charge in [-0.05, 0) is 61.2 Å². The van der Waals surface area contributed by atoms with Gasteiger partial charge >= 0.3 is 0 Å². The number of likely N-dealkylation sites (N-methyl/N-ethyl adjacent to an activating group) is 1. The molecule has 3 aromatic rings. The molecule has 1 heterocycles. The van der Waals surface area contributed by atoms with Crippen molar-refractivity contribution < 1.29 is 0 Å². The van der Waals surface area contributed by atoms with Crippen molar-refractivity contribution in [2.75, 3.05) is 13.6 Å². The van der Waals surface area contributed by atoms with Gasteiger partial charge in [-0.25, -0.2) is 4.98 Å². The summed E-state index contributed by atoms with van der Waals surface area (Å²) in [5.74, 6) is 1.72. The number of imidazole rings is 1. The van der Waals surface area contributed by atoms with Gasteiger partial charge in [0.2, 0.25) is 0 Å². The minimum atomic E-state index is 0.569. The monoisotopic (exact) mass is 335 g/mol. The summed E-state index contributed by atoms with van der Waals surface area (Å²) in [5.41, 5.74) is 7.69. The fraction of sp³-hybridized carbons (Fsp3) is 0.409. The van der Waals surface area contributed by atoms with Gasteiger partial charge in [0.1, 0.15) is 5.82 Å². The normalized spacial score (nSPS) is 11.6. The molecule has 0 aliphatic rings. The van der Waals surface area contributed by atoms with Crippen LogP contribution in [-0.4, -0.2) is 23.1 Å². The highest BCUT2D eigenvalue weighted by Crippen LogP contribution is 2.23. The maximum absolute atomic E-state index is 4.92. The average molecular weight is 335 g/mol. The average Bonchev–Trinajstić information content (AvgIpc) is 2.90. The number of benzene rings is 2. The van der Waals surface area contributed by atoms with Crippen LogP contribution in [0.3, 0.4) is 0 Å². The standard InChI is InChI=1S/C22H29N3/c1-15(2)19-8-6-18(7-9-19)14-25-21-13-17(4)16(3)12-20(21)24-22(25)10-11-23-5/h6-9,12-13,15,23H,10-11,14H2,1-5H3. The lowest BCUT2D eigenvalue weighted by Crippen LogP contribution is -2.14. The van der Waals surface area contributed by atoms with E-state index < -0.39 is 0 Å². The molecule has 0 atom stereocenters. The van der Waals surface area contributed by atoms with Gasteiger partial charge in [0.15, 0.2) is 0 Å². The number of rotatable bonds is 6. The van der Waals surface area contributed by atoms with Crippen LogP contribution in [0.2, 0.25) is 0 Å². The van der Waals surface area contributed by atoms with E-state index in [1.54, 1.807) is 0 Å². The Morgan fingerprint density at radius 2 is 1.72 bits per heavy atom. The van der Waals surface area contributed by atoms with Crippen molar-refractivity contribution in [3.05, 3.63) is 64.5 Å². The van der Waals surface area contributed by atoms with E-state index in [9.17, 15) is 0 Å². The lowest BCUT2D eigenvalue weighted by molar-refractivity contribution is 0.695. The van der Waals surface area contributed by atoms with Crippen molar-refractivity contribution >= 4 is 11.0 Å². The van der Waals surface area contributed by atoms with E-state index in [1.165, 1.54) is 27.8 Å². The predicted octanol–water partition coefficient (Wildman–Crippen LogP) is 4.59. The molecule has 25 heavy (non-hydrogen) atoms. The van der Waals surface area contributed by atoms with E-state index in [0.29, 0.717) is 5.92 Å². The van der Waals surface area contributed by atoms with Gasteiger partial charge in [-0.2, -0.15) is 0 Å². The summed E-state index contributed by atoms with van der Waals surface area (Å²) in [6, 6.07) is 13.5. The van der Waals surface area contributed by atoms with E-state index in [4.69, 9.17) is 4.98 Å². The van der Waals surface area contributed by atoms with Gasteiger partial charge < -0.3 is 9.88 Å². The van der Waals surface area contributed by atoms with Crippen LogP contribution in [0.15, 0.2) is 36.4 Å². The number of aromatic nitrogens is 2. The highest BCUT2D eigenvalue weighted by Gasteiger charge is 2.12. The maximum atomic E-state index is 4.92. The molecule has 132 valence electrons. The zero-order valence-electron chi connectivity index (χ0n) is 16.1. The topological polar surface area (TPSA) is 29.9 Å². The van der Waals surface area contributed by atoms with Crippen molar-refractivity contribution in [2.24, 2.45) is 0 Å². The fourth-order valence-corrected chi connectivity index (χ4v) is 3.22. The minimum absolute atomic E-state index is 0.569. The quantitative estimate of drug-likeness (QED) is 0.714. The molecular formula is C22H29N3. The summed E-state index contributed by atoms with van der Waals surface area (Å²) in [4.78, 5) is 4.92. The molecule has 0 aliphatic heterocycles. The summed E-state index contributed by atoms with van der Waals surface area (Å²) in [6.45, 7) is 10.6. The molecule has 0 bridgehead atoms. The summed E-state index contributed by atoms with van der Waals surface area (Å²) in [7, 11) is 1.99. The largest absolute Gasteiger partial charge is 0.323 e. The Morgan fingerprint density at radius 3 is 2.36 bits per heavy atom. The van der Waals surface area contributed by atoms with Crippen LogP contribution in [0.25, 0.3) is 11.0 Å². The van der Waals surface area contributed by atoms with Crippen LogP contribution in [0.1, 0.15) is 47.8 Å². The molecule has 3 nitrogen and oxygen atoms in total. The molecule has 0 fully saturated rings. The van der Waals surface area contributed by atoms with E-state index in [-0.39, 0.29) is 0 Å². The van der Waals surface area contributed by atoms with Gasteiger partial charge in [0, 0.05) is 19.5 Å². The Kier molecular flexibility index (Phi) is 5.24. The van der Waals surface area contributed by atoms with Crippen LogP contribution in [-0.2, 0) is 13.0 Å². The maximum Gasteiger partial charge on any atom is 0.111 e. The molecule has 3 heteroatoms. The Hall–Kier alpha value is -2.13. The van der Waals surface area contributed by atoms with Gasteiger partial charge in [-0.1, -0.05) is 38.1 Å². The van der Waals surface area contributed by atoms with Crippen LogP contribution in [0.5, 0.6) is 0 Å². The molecule has 1 aromatic heterocycles. The van der Waals surface area contributed by atoms with Crippen LogP contribution < -0.4 is 5.32 Å². The van der Waals surface area contributed by atoms with Gasteiger partial charge in [-0.3, -0.25) is 0 Å². The number of nitrogens with zero attached hydrogens (tertiary/aromatic N) is 2. The number of fused-ring (bicyclic) bond motifs is 1. The highest BCUT2D eigenvalue weighted by atomic mass is 15.1. The molecule has 0 unspecified atom stereocenters. The third kappa shape index (κ3) is 3.77. The predicted molar refractivity (Wildman–Crippen MR) is 106 cm³/mol. The second kappa shape index (κ2) is 7.40. The Labute approximate surface area is 151 Å². The summed E-state index contributed by atoms with van der Waals surface area (Å²) < 4.78 is 2.38. The minimum Gasteiger partial charge on any atom is -0.323 e. The molecule has 3 rings (SSSR count). The third-order valence-corrected chi connectivity index (χ3v) is 5.03. The van der Waals surface area contributed by atoms with Crippen molar-refractivity contribution in [3.63, 3.8) is 0 Å². The second-order valence-electron chi connectivity index (χ2n) is 7.29. The molecule has 0 spiro atoms. The van der Waals surface area contributed by atoms with Crippen molar-refractivity contribution in [2.45, 2.75) is 46.6 Å². The SMILES string of the molecule is CNCCc1nc2cc(C)c(C)cc2n1Cc1ccc(C(C)C)cc1. The number of aryl methyl sites for hydroxylation is 2. The summed E-state index contributed by atoms with van der Waals surface area (Å²) in [6.07, 6.45) is 0.938. The van der Waals surface area contributed by atoms with Gasteiger partial charge in [0.05, 0.1) is 11.0 Å². The fourth-order valence-electron chi connectivity index (χ4n) is 3.22. The Balaban J connectivity index is 2.01. The van der Waals surface area contributed by atoms with Crippen molar-refractivity contribution in [1.29, 1.82) is 0 Å². The zero-order valence-corrected chi connectivity index (χ0v) is 16.1. The van der Waals surface area contributed by atoms with Crippen LogP contribution in [0.4, 0.5) is 0 Å². The zero-order chi connectivity index (χ0) is 18.0. The second-order valence-corrected chi connectivity index (χ2v) is 7.29. The molecule has 1 N–H and O–H groups in total. The smallest absolute Gasteiger partial charge is 0.111 e. The van der Waals surface area contributed by atoms with Gasteiger partial charge in [0.25, 0.3) is 0 Å². The lowest BCUT2D eigenvalue weighted by Gasteiger charge is -2.12. The molecule has 0 aliphatic carbocycles. The molecule has 0 saturated carbocycles. The third-order valence-electron chi connectivity index (χ3n) is 5.03. The van der Waals surface area contributed by atoms with E-state index in [0.717, 1.165) is 30.9 Å². The first-order valence-corrected chi connectivity index (χ1v) is 9.19. The summed E-state index contributed by atoms with van der Waals surface area (Å²) in [5, 5.41) is 3.24. The Bertz CT molecular complexity index is 857. The molecule has 0 amide bonds. The first kappa shape index (κ1) is 17.7. The highest BCUT2D eigenvalue weighted by molar-refractivity contribution is 5.78. The number of hydrogen-bond acceptors (Lipinski definition) is 2. The van der Waals surface area contributed by atoms with Gasteiger partial charge in [-0.15, -0.1) is 0 Å². The van der Waals surface area contributed by atoms with Crippen molar-refractivity contribution in [1.82, 2.24) is 14.9 Å². The van der Waals surface area contributed by atoms with E-state index >= 15 is 0 Å². The molecular weight excluding hydrogens is 306 g/mol. The Morgan fingerprint density at radius 1 is 1.04 bits per heavy atom. The van der Waals surface area contributed by atoms with E-state index in [2.05, 4.69) is 74.0 Å². The van der Waals surface area contributed by atoms with Crippen molar-refractivity contribution in [3.8, 4) is 0 Å². The van der Waals surface area contributed by atoms with Crippen LogP contribution >= 0.6 is 0 Å². The number of nitrogens with one attached hydrogen (secondary N) is 1. The first-order chi connectivity index (χ1) is 12.0. The first-order valence-electron chi connectivity index (χ1n) is 9.19. The van der Waals surface area contributed by atoms with E-state index in [1.807, 2.05) is 7.05 Å². The molecule has 2 aromatic carbocycles. The molecule has 0 saturated heterocycles. The lowest BCUT2D eigenvalue weighted by atomic mass is 10.0. The summed E-state index contributed by atoms with van der Waals surface area (Å²) >= 11 is 0. The van der Waals surface area contributed by atoms with Crippen LogP contribution in [0, 0.1) is 13.8 Å². The number of hydrogen-bond donors (Lipinski definition) is 1. The molecule has 0 radical (unpaired) electrons.